The first kappa shape index (κ1) is 12.3. The first-order chi connectivity index (χ1) is 7.06. The fourth-order valence-corrected chi connectivity index (χ4v) is 1.62. The van der Waals surface area contributed by atoms with Crippen LogP contribution in [-0.4, -0.2) is 22.9 Å². The number of aliphatic hydroxyl groups is 2. The highest BCUT2D eigenvalue weighted by molar-refractivity contribution is 6.31. The summed E-state index contributed by atoms with van der Waals surface area (Å²) in [5.74, 6) is 0. The van der Waals surface area contributed by atoms with E-state index in [2.05, 4.69) is 0 Å². The van der Waals surface area contributed by atoms with Crippen LogP contribution in [0.1, 0.15) is 18.1 Å². The molecule has 1 aromatic rings. The molecule has 1 rings (SSSR count). The van der Waals surface area contributed by atoms with E-state index >= 15 is 0 Å². The third kappa shape index (κ3) is 3.07. The monoisotopic (exact) mass is 230 g/mol. The van der Waals surface area contributed by atoms with Crippen molar-refractivity contribution in [3.63, 3.8) is 0 Å². The van der Waals surface area contributed by atoms with Crippen molar-refractivity contribution < 1.29 is 10.2 Å². The Morgan fingerprint density at radius 1 is 1.33 bits per heavy atom. The normalized spacial score (nSPS) is 14.9. The first-order valence-electron chi connectivity index (χ1n) is 4.67. The molecule has 0 aliphatic rings. The standard InChI is InChI=1S/C10H15ClN2O2/c11-8-5-6(13)1-2-7(8)10(15)9(14)3-4-12/h1-2,5,9-10,14-15H,3-4,12-13H2. The van der Waals surface area contributed by atoms with Crippen LogP contribution in [0.3, 0.4) is 0 Å². The van der Waals surface area contributed by atoms with Crippen LogP contribution in [0.4, 0.5) is 5.69 Å². The summed E-state index contributed by atoms with van der Waals surface area (Å²) in [6.07, 6.45) is -1.61. The van der Waals surface area contributed by atoms with Crippen molar-refractivity contribution in [2.75, 3.05) is 12.3 Å². The van der Waals surface area contributed by atoms with Crippen LogP contribution in [0, 0.1) is 0 Å². The van der Waals surface area contributed by atoms with Crippen LogP contribution >= 0.6 is 11.6 Å². The molecule has 0 heterocycles. The zero-order valence-corrected chi connectivity index (χ0v) is 8.98. The van der Waals surface area contributed by atoms with Crippen LogP contribution in [0.15, 0.2) is 18.2 Å². The molecule has 0 fully saturated rings. The molecule has 0 saturated heterocycles. The summed E-state index contributed by atoms with van der Waals surface area (Å²) < 4.78 is 0. The molecule has 0 spiro atoms. The van der Waals surface area contributed by atoms with Crippen molar-refractivity contribution in [2.45, 2.75) is 18.6 Å². The number of hydrogen-bond acceptors (Lipinski definition) is 4. The number of nitrogens with two attached hydrogens (primary N) is 2. The molecule has 4 nitrogen and oxygen atoms in total. The molecule has 0 radical (unpaired) electrons. The van der Waals surface area contributed by atoms with E-state index < -0.39 is 12.2 Å². The van der Waals surface area contributed by atoms with Gasteiger partial charge in [0.25, 0.3) is 0 Å². The Balaban J connectivity index is 2.86. The predicted molar refractivity (Wildman–Crippen MR) is 60.5 cm³/mol. The SMILES string of the molecule is NCCC(O)C(O)c1ccc(N)cc1Cl. The largest absolute Gasteiger partial charge is 0.399 e. The summed E-state index contributed by atoms with van der Waals surface area (Å²) in [5, 5.41) is 19.7. The molecular weight excluding hydrogens is 216 g/mol. The van der Waals surface area contributed by atoms with Gasteiger partial charge in [0.05, 0.1) is 6.10 Å². The fourth-order valence-electron chi connectivity index (χ4n) is 1.32. The second-order valence-electron chi connectivity index (χ2n) is 3.37. The molecule has 0 aliphatic heterocycles. The van der Waals surface area contributed by atoms with E-state index in [-0.39, 0.29) is 0 Å². The van der Waals surface area contributed by atoms with E-state index in [0.717, 1.165) is 0 Å². The van der Waals surface area contributed by atoms with E-state index in [4.69, 9.17) is 23.1 Å². The van der Waals surface area contributed by atoms with Gasteiger partial charge in [0.1, 0.15) is 6.10 Å². The molecule has 2 unspecified atom stereocenters. The zero-order valence-electron chi connectivity index (χ0n) is 8.23. The van der Waals surface area contributed by atoms with Crippen molar-refractivity contribution in [3.8, 4) is 0 Å². The third-order valence-corrected chi connectivity index (χ3v) is 2.50. The van der Waals surface area contributed by atoms with Gasteiger partial charge < -0.3 is 21.7 Å². The minimum atomic E-state index is -1.03. The maximum absolute atomic E-state index is 9.76. The van der Waals surface area contributed by atoms with E-state index in [9.17, 15) is 10.2 Å². The summed E-state index contributed by atoms with van der Waals surface area (Å²) in [6, 6.07) is 4.76. The topological polar surface area (TPSA) is 92.5 Å². The summed E-state index contributed by atoms with van der Waals surface area (Å²) in [4.78, 5) is 0. The van der Waals surface area contributed by atoms with E-state index in [1.54, 1.807) is 12.1 Å². The average molecular weight is 231 g/mol. The van der Waals surface area contributed by atoms with Crippen LogP contribution < -0.4 is 11.5 Å². The number of aliphatic hydroxyl groups excluding tert-OH is 2. The summed E-state index contributed by atoms with van der Waals surface area (Å²) in [7, 11) is 0. The molecule has 0 aromatic heterocycles. The van der Waals surface area contributed by atoms with Gasteiger partial charge in [0, 0.05) is 16.3 Å². The lowest BCUT2D eigenvalue weighted by atomic mass is 10.0. The van der Waals surface area contributed by atoms with E-state index in [0.29, 0.717) is 29.2 Å². The molecule has 0 saturated carbocycles. The highest BCUT2D eigenvalue weighted by atomic mass is 35.5. The molecule has 0 bridgehead atoms. The van der Waals surface area contributed by atoms with Crippen LogP contribution in [0.5, 0.6) is 0 Å². The molecule has 0 aliphatic carbocycles. The lowest BCUT2D eigenvalue weighted by molar-refractivity contribution is 0.0151. The second kappa shape index (κ2) is 5.32. The Morgan fingerprint density at radius 3 is 2.53 bits per heavy atom. The number of benzene rings is 1. The second-order valence-corrected chi connectivity index (χ2v) is 3.78. The Bertz CT molecular complexity index is 333. The number of anilines is 1. The minimum absolute atomic E-state index is 0.310. The molecule has 5 heteroatoms. The smallest absolute Gasteiger partial charge is 0.106 e. The first-order valence-corrected chi connectivity index (χ1v) is 5.05. The molecule has 1 aromatic carbocycles. The third-order valence-electron chi connectivity index (χ3n) is 2.17. The highest BCUT2D eigenvalue weighted by Crippen LogP contribution is 2.27. The van der Waals surface area contributed by atoms with Crippen LogP contribution in [0.25, 0.3) is 0 Å². The maximum atomic E-state index is 9.76. The Morgan fingerprint density at radius 2 is 2.00 bits per heavy atom. The lowest BCUT2D eigenvalue weighted by Crippen LogP contribution is -2.22. The Kier molecular flexibility index (Phi) is 4.35. The van der Waals surface area contributed by atoms with Gasteiger partial charge in [-0.3, -0.25) is 0 Å². The van der Waals surface area contributed by atoms with Gasteiger partial charge in [-0.1, -0.05) is 17.7 Å². The molecule has 84 valence electrons. The number of hydrogen-bond donors (Lipinski definition) is 4. The van der Waals surface area contributed by atoms with Gasteiger partial charge in [-0.15, -0.1) is 0 Å². The van der Waals surface area contributed by atoms with Crippen molar-refractivity contribution >= 4 is 17.3 Å². The van der Waals surface area contributed by atoms with Crippen LogP contribution in [0.2, 0.25) is 5.02 Å². The number of halogens is 1. The molecular formula is C10H15ClN2O2. The molecule has 0 amide bonds. The van der Waals surface area contributed by atoms with E-state index in [1.807, 2.05) is 0 Å². The lowest BCUT2D eigenvalue weighted by Gasteiger charge is -2.18. The molecule has 15 heavy (non-hydrogen) atoms. The molecule has 2 atom stereocenters. The summed E-state index contributed by atoms with van der Waals surface area (Å²) in [5.41, 5.74) is 11.8. The number of rotatable bonds is 4. The fraction of sp³-hybridized carbons (Fsp3) is 0.400. The quantitative estimate of drug-likeness (QED) is 0.572. The number of nitrogen functional groups attached to an aromatic ring is 1. The summed E-state index contributed by atoms with van der Waals surface area (Å²) >= 11 is 5.89. The minimum Gasteiger partial charge on any atom is -0.399 e. The maximum Gasteiger partial charge on any atom is 0.106 e. The summed E-state index contributed by atoms with van der Waals surface area (Å²) in [6.45, 7) is 0.310. The van der Waals surface area contributed by atoms with Crippen molar-refractivity contribution in [3.05, 3.63) is 28.8 Å². The van der Waals surface area contributed by atoms with Crippen molar-refractivity contribution in [2.24, 2.45) is 5.73 Å². The highest BCUT2D eigenvalue weighted by Gasteiger charge is 2.19. The van der Waals surface area contributed by atoms with Crippen molar-refractivity contribution in [1.29, 1.82) is 0 Å². The Hall–Kier alpha value is -0.810. The average Bonchev–Trinajstić information content (AvgIpc) is 2.17. The van der Waals surface area contributed by atoms with Gasteiger partial charge in [0.2, 0.25) is 0 Å². The Labute approximate surface area is 93.5 Å². The van der Waals surface area contributed by atoms with Gasteiger partial charge >= 0.3 is 0 Å². The van der Waals surface area contributed by atoms with Crippen molar-refractivity contribution in [1.82, 2.24) is 0 Å². The molecule has 6 N–H and O–H groups in total. The van der Waals surface area contributed by atoms with E-state index in [1.165, 1.54) is 6.07 Å². The van der Waals surface area contributed by atoms with Gasteiger partial charge in [-0.05, 0) is 25.1 Å². The van der Waals surface area contributed by atoms with Gasteiger partial charge in [0.15, 0.2) is 0 Å². The van der Waals surface area contributed by atoms with Crippen LogP contribution in [-0.2, 0) is 0 Å². The van der Waals surface area contributed by atoms with Gasteiger partial charge in [-0.25, -0.2) is 0 Å². The van der Waals surface area contributed by atoms with Gasteiger partial charge in [-0.2, -0.15) is 0 Å². The predicted octanol–water partition coefficient (Wildman–Crippen LogP) is 0.665. The zero-order chi connectivity index (χ0) is 11.4.